The molecule has 0 bridgehead atoms. The summed E-state index contributed by atoms with van der Waals surface area (Å²) < 4.78 is 17.9. The van der Waals surface area contributed by atoms with E-state index in [0.29, 0.717) is 11.1 Å². The SMILES string of the molecule is CCc1ccc(C(=O)COC(=O)C=Cc2cccc(F)c2)cc1. The molecule has 0 aromatic heterocycles. The summed E-state index contributed by atoms with van der Waals surface area (Å²) in [4.78, 5) is 23.5. The molecule has 0 radical (unpaired) electrons. The summed E-state index contributed by atoms with van der Waals surface area (Å²) >= 11 is 0. The van der Waals surface area contributed by atoms with E-state index in [-0.39, 0.29) is 18.2 Å². The number of hydrogen-bond donors (Lipinski definition) is 0. The molecule has 4 heteroatoms. The first-order valence-corrected chi connectivity index (χ1v) is 7.31. The standard InChI is InChI=1S/C19H17FO3/c1-2-14-6-9-16(10-7-14)18(21)13-23-19(22)11-8-15-4-3-5-17(20)12-15/h3-12H,2,13H2,1H3. The smallest absolute Gasteiger partial charge is 0.331 e. The summed E-state index contributed by atoms with van der Waals surface area (Å²) in [6.07, 6.45) is 3.50. The van der Waals surface area contributed by atoms with Crippen LogP contribution in [0.3, 0.4) is 0 Å². The third-order valence-electron chi connectivity index (χ3n) is 3.29. The van der Waals surface area contributed by atoms with Crippen LogP contribution in [0.2, 0.25) is 0 Å². The van der Waals surface area contributed by atoms with E-state index in [1.165, 1.54) is 24.3 Å². The fourth-order valence-electron chi connectivity index (χ4n) is 1.97. The van der Waals surface area contributed by atoms with Crippen molar-refractivity contribution in [2.24, 2.45) is 0 Å². The van der Waals surface area contributed by atoms with Crippen LogP contribution in [0, 0.1) is 5.82 Å². The highest BCUT2D eigenvalue weighted by atomic mass is 19.1. The Balaban J connectivity index is 1.87. The fraction of sp³-hybridized carbons (Fsp3) is 0.158. The lowest BCUT2D eigenvalue weighted by atomic mass is 10.1. The predicted molar refractivity (Wildman–Crippen MR) is 86.5 cm³/mol. The highest BCUT2D eigenvalue weighted by molar-refractivity contribution is 5.98. The van der Waals surface area contributed by atoms with Crippen LogP contribution < -0.4 is 0 Å². The second-order valence-electron chi connectivity index (χ2n) is 4.97. The van der Waals surface area contributed by atoms with Gasteiger partial charge in [-0.15, -0.1) is 0 Å². The highest BCUT2D eigenvalue weighted by Gasteiger charge is 2.08. The second-order valence-corrected chi connectivity index (χ2v) is 4.97. The maximum atomic E-state index is 13.0. The maximum absolute atomic E-state index is 13.0. The van der Waals surface area contributed by atoms with Gasteiger partial charge in [-0.2, -0.15) is 0 Å². The van der Waals surface area contributed by atoms with Gasteiger partial charge in [0, 0.05) is 11.6 Å². The molecule has 0 aliphatic heterocycles. The van der Waals surface area contributed by atoms with Gasteiger partial charge in [-0.05, 0) is 35.8 Å². The first-order valence-electron chi connectivity index (χ1n) is 7.31. The third-order valence-corrected chi connectivity index (χ3v) is 3.29. The minimum Gasteiger partial charge on any atom is -0.454 e. The molecule has 0 unspecified atom stereocenters. The van der Waals surface area contributed by atoms with E-state index >= 15 is 0 Å². The Bertz CT molecular complexity index is 718. The van der Waals surface area contributed by atoms with E-state index < -0.39 is 5.97 Å². The van der Waals surface area contributed by atoms with Crippen LogP contribution in [0.5, 0.6) is 0 Å². The molecule has 23 heavy (non-hydrogen) atoms. The summed E-state index contributed by atoms with van der Waals surface area (Å²) in [7, 11) is 0. The summed E-state index contributed by atoms with van der Waals surface area (Å²) in [5, 5.41) is 0. The van der Waals surface area contributed by atoms with E-state index in [2.05, 4.69) is 0 Å². The Labute approximate surface area is 134 Å². The molecular weight excluding hydrogens is 295 g/mol. The van der Waals surface area contributed by atoms with Crippen LogP contribution in [-0.4, -0.2) is 18.4 Å². The lowest BCUT2D eigenvalue weighted by molar-refractivity contribution is -0.136. The average Bonchev–Trinajstić information content (AvgIpc) is 2.58. The molecule has 0 saturated carbocycles. The molecule has 2 aromatic rings. The molecule has 118 valence electrons. The van der Waals surface area contributed by atoms with Gasteiger partial charge in [-0.3, -0.25) is 4.79 Å². The minimum atomic E-state index is -0.646. The van der Waals surface area contributed by atoms with Crippen molar-refractivity contribution in [2.75, 3.05) is 6.61 Å². The highest BCUT2D eigenvalue weighted by Crippen LogP contribution is 2.07. The van der Waals surface area contributed by atoms with E-state index in [1.807, 2.05) is 19.1 Å². The van der Waals surface area contributed by atoms with Crippen LogP contribution in [0.25, 0.3) is 6.08 Å². The van der Waals surface area contributed by atoms with Crippen molar-refractivity contribution < 1.29 is 18.7 Å². The monoisotopic (exact) mass is 312 g/mol. The van der Waals surface area contributed by atoms with E-state index in [1.54, 1.807) is 24.3 Å². The number of aryl methyl sites for hydroxylation is 1. The Morgan fingerprint density at radius 3 is 2.52 bits per heavy atom. The zero-order valence-corrected chi connectivity index (χ0v) is 12.8. The van der Waals surface area contributed by atoms with Gasteiger partial charge in [0.2, 0.25) is 0 Å². The summed E-state index contributed by atoms with van der Waals surface area (Å²) in [6, 6.07) is 13.0. The molecule has 2 rings (SSSR count). The molecular formula is C19H17FO3. The second kappa shape index (κ2) is 8.03. The first kappa shape index (κ1) is 16.6. The van der Waals surface area contributed by atoms with Gasteiger partial charge in [0.1, 0.15) is 5.82 Å². The van der Waals surface area contributed by atoms with Gasteiger partial charge in [-0.25, -0.2) is 9.18 Å². The van der Waals surface area contributed by atoms with E-state index in [4.69, 9.17) is 4.74 Å². The van der Waals surface area contributed by atoms with Gasteiger partial charge in [0.25, 0.3) is 0 Å². The molecule has 2 aromatic carbocycles. The fourth-order valence-corrected chi connectivity index (χ4v) is 1.97. The zero-order chi connectivity index (χ0) is 16.7. The number of Topliss-reactive ketones (excluding diaryl/α,β-unsaturated/α-hetero) is 1. The molecule has 0 saturated heterocycles. The van der Waals surface area contributed by atoms with E-state index in [9.17, 15) is 14.0 Å². The predicted octanol–water partition coefficient (Wildman–Crippen LogP) is 3.83. The van der Waals surface area contributed by atoms with Crippen LogP contribution in [0.1, 0.15) is 28.4 Å². The molecule has 0 N–H and O–H groups in total. The van der Waals surface area contributed by atoms with Crippen molar-refractivity contribution in [3.05, 3.63) is 77.1 Å². The first-order chi connectivity index (χ1) is 11.1. The molecule has 0 amide bonds. The van der Waals surface area contributed by atoms with Crippen LogP contribution in [0.4, 0.5) is 4.39 Å². The minimum absolute atomic E-state index is 0.264. The number of carbonyl (C=O) groups is 2. The number of hydrogen-bond acceptors (Lipinski definition) is 3. The van der Waals surface area contributed by atoms with Crippen LogP contribution in [-0.2, 0) is 16.0 Å². The molecule has 0 spiro atoms. The number of rotatable bonds is 6. The van der Waals surface area contributed by atoms with Crippen LogP contribution in [0.15, 0.2) is 54.6 Å². The number of ketones is 1. The van der Waals surface area contributed by atoms with Crippen molar-refractivity contribution in [1.82, 2.24) is 0 Å². The lowest BCUT2D eigenvalue weighted by Crippen LogP contribution is -2.12. The normalized spacial score (nSPS) is 10.7. The van der Waals surface area contributed by atoms with Crippen molar-refractivity contribution in [3.8, 4) is 0 Å². The van der Waals surface area contributed by atoms with Crippen molar-refractivity contribution >= 4 is 17.8 Å². The lowest BCUT2D eigenvalue weighted by Gasteiger charge is -2.03. The van der Waals surface area contributed by atoms with Gasteiger partial charge in [0.15, 0.2) is 12.4 Å². The molecule has 0 heterocycles. The largest absolute Gasteiger partial charge is 0.454 e. The van der Waals surface area contributed by atoms with Crippen LogP contribution >= 0.6 is 0 Å². The molecule has 0 atom stereocenters. The van der Waals surface area contributed by atoms with Crippen molar-refractivity contribution in [2.45, 2.75) is 13.3 Å². The number of ether oxygens (including phenoxy) is 1. The zero-order valence-electron chi connectivity index (χ0n) is 12.8. The Kier molecular flexibility index (Phi) is 5.80. The van der Waals surface area contributed by atoms with Crippen molar-refractivity contribution in [3.63, 3.8) is 0 Å². The average molecular weight is 312 g/mol. The van der Waals surface area contributed by atoms with Gasteiger partial charge in [-0.1, -0.05) is 43.3 Å². The van der Waals surface area contributed by atoms with Gasteiger partial charge >= 0.3 is 5.97 Å². The Morgan fingerprint density at radius 1 is 1.13 bits per heavy atom. The number of halogens is 1. The number of carbonyl (C=O) groups excluding carboxylic acids is 2. The summed E-state index contributed by atoms with van der Waals surface area (Å²) in [5.41, 5.74) is 2.18. The Morgan fingerprint density at radius 2 is 1.87 bits per heavy atom. The molecule has 0 fully saturated rings. The molecule has 0 aliphatic rings. The van der Waals surface area contributed by atoms with Crippen molar-refractivity contribution in [1.29, 1.82) is 0 Å². The summed E-state index contributed by atoms with van der Waals surface area (Å²) in [5.74, 6) is -1.29. The topological polar surface area (TPSA) is 43.4 Å². The number of benzene rings is 2. The Hall–Kier alpha value is -2.75. The van der Waals surface area contributed by atoms with E-state index in [0.717, 1.165) is 12.0 Å². The number of esters is 1. The molecule has 0 aliphatic carbocycles. The third kappa shape index (κ3) is 5.18. The molecule has 3 nitrogen and oxygen atoms in total. The maximum Gasteiger partial charge on any atom is 0.331 e. The van der Waals surface area contributed by atoms with Gasteiger partial charge < -0.3 is 4.74 Å². The summed E-state index contributed by atoms with van der Waals surface area (Å²) in [6.45, 7) is 1.71. The van der Waals surface area contributed by atoms with Gasteiger partial charge in [0.05, 0.1) is 0 Å². The quantitative estimate of drug-likeness (QED) is 0.462.